The van der Waals surface area contributed by atoms with Gasteiger partial charge in [-0.3, -0.25) is 4.79 Å². The van der Waals surface area contributed by atoms with Gasteiger partial charge in [-0.1, -0.05) is 29.8 Å². The van der Waals surface area contributed by atoms with E-state index >= 15 is 0 Å². The maximum absolute atomic E-state index is 12.5. The van der Waals surface area contributed by atoms with Gasteiger partial charge >= 0.3 is 0 Å². The molecule has 0 saturated carbocycles. The van der Waals surface area contributed by atoms with Gasteiger partial charge in [0.25, 0.3) is 0 Å². The first-order chi connectivity index (χ1) is 12.7. The van der Waals surface area contributed by atoms with Crippen LogP contribution in [0.25, 0.3) is 0 Å². The third kappa shape index (κ3) is 6.08. The van der Waals surface area contributed by atoms with Crippen LogP contribution < -0.4 is 10.1 Å². The van der Waals surface area contributed by atoms with Gasteiger partial charge in [0.1, 0.15) is 5.75 Å². The molecule has 0 aromatic heterocycles. The zero-order chi connectivity index (χ0) is 20.0. The minimum Gasteiger partial charge on any atom is -0.491 e. The number of benzene rings is 2. The molecule has 27 heavy (non-hydrogen) atoms. The Morgan fingerprint density at radius 1 is 1.15 bits per heavy atom. The molecule has 2 rings (SSSR count). The number of nitrogens with zero attached hydrogens (tertiary/aromatic N) is 1. The van der Waals surface area contributed by atoms with Crippen LogP contribution in [0.2, 0.25) is 0 Å². The fraction of sp³-hybridized carbons (Fsp3) is 0.350. The largest absolute Gasteiger partial charge is 0.491 e. The molecule has 0 aliphatic rings. The highest BCUT2D eigenvalue weighted by atomic mass is 32.2. The Balaban J connectivity index is 1.94. The van der Waals surface area contributed by atoms with Gasteiger partial charge < -0.3 is 10.1 Å². The Morgan fingerprint density at radius 3 is 2.44 bits per heavy atom. The van der Waals surface area contributed by atoms with Gasteiger partial charge in [-0.2, -0.15) is 4.31 Å². The number of rotatable bonds is 8. The Morgan fingerprint density at radius 2 is 1.81 bits per heavy atom. The Kier molecular flexibility index (Phi) is 6.98. The molecule has 146 valence electrons. The Bertz CT molecular complexity index is 877. The van der Waals surface area contributed by atoms with E-state index in [9.17, 15) is 13.2 Å². The van der Waals surface area contributed by atoms with Crippen LogP contribution in [0, 0.1) is 6.92 Å². The number of ether oxygens (including phenoxy) is 1. The number of hydrogen-bond acceptors (Lipinski definition) is 4. The van der Waals surface area contributed by atoms with Crippen molar-refractivity contribution in [3.05, 3.63) is 59.7 Å². The van der Waals surface area contributed by atoms with Crippen LogP contribution in [0.3, 0.4) is 0 Å². The minimum absolute atomic E-state index is 0.0653. The lowest BCUT2D eigenvalue weighted by Crippen LogP contribution is -2.38. The van der Waals surface area contributed by atoms with Crippen LogP contribution in [-0.4, -0.2) is 38.3 Å². The molecule has 2 aromatic carbocycles. The number of carbonyl (C=O) groups excluding carboxylic acids is 1. The molecular weight excluding hydrogens is 364 g/mol. The van der Waals surface area contributed by atoms with Crippen molar-refractivity contribution in [1.82, 2.24) is 9.62 Å². The molecule has 0 atom stereocenters. The number of amides is 1. The third-order valence-corrected chi connectivity index (χ3v) is 5.67. The van der Waals surface area contributed by atoms with Gasteiger partial charge in [0.2, 0.25) is 15.9 Å². The fourth-order valence-electron chi connectivity index (χ4n) is 2.43. The van der Waals surface area contributed by atoms with Crippen molar-refractivity contribution in [3.63, 3.8) is 0 Å². The summed E-state index contributed by atoms with van der Waals surface area (Å²) in [5.41, 5.74) is 1.85. The highest BCUT2D eigenvalue weighted by Crippen LogP contribution is 2.16. The van der Waals surface area contributed by atoms with Crippen LogP contribution in [0.5, 0.6) is 5.75 Å². The molecule has 0 aliphatic heterocycles. The van der Waals surface area contributed by atoms with E-state index in [0.717, 1.165) is 21.2 Å². The van der Waals surface area contributed by atoms with E-state index in [0.29, 0.717) is 6.54 Å². The summed E-state index contributed by atoms with van der Waals surface area (Å²) in [5, 5.41) is 2.74. The van der Waals surface area contributed by atoms with E-state index in [2.05, 4.69) is 5.32 Å². The molecule has 0 heterocycles. The van der Waals surface area contributed by atoms with Crippen molar-refractivity contribution in [2.75, 3.05) is 13.6 Å². The molecule has 0 bridgehead atoms. The van der Waals surface area contributed by atoms with Crippen LogP contribution in [0.4, 0.5) is 0 Å². The summed E-state index contributed by atoms with van der Waals surface area (Å²) >= 11 is 0. The molecule has 0 fully saturated rings. The van der Waals surface area contributed by atoms with E-state index < -0.39 is 10.0 Å². The van der Waals surface area contributed by atoms with Crippen molar-refractivity contribution in [1.29, 1.82) is 0 Å². The molecule has 2 aromatic rings. The highest BCUT2D eigenvalue weighted by molar-refractivity contribution is 7.89. The monoisotopic (exact) mass is 390 g/mol. The van der Waals surface area contributed by atoms with E-state index in [1.54, 1.807) is 24.3 Å². The average Bonchev–Trinajstić information content (AvgIpc) is 2.60. The van der Waals surface area contributed by atoms with Gasteiger partial charge in [-0.05, 0) is 50.6 Å². The minimum atomic E-state index is -3.70. The maximum Gasteiger partial charge on any atom is 0.243 e. The molecular formula is C20H26N2O4S. The predicted molar refractivity (Wildman–Crippen MR) is 105 cm³/mol. The molecule has 6 nitrogen and oxygen atoms in total. The van der Waals surface area contributed by atoms with Gasteiger partial charge in [0, 0.05) is 13.6 Å². The number of sulfonamides is 1. The zero-order valence-corrected chi connectivity index (χ0v) is 16.9. The lowest BCUT2D eigenvalue weighted by atomic mass is 10.2. The Labute approximate surface area is 161 Å². The normalized spacial score (nSPS) is 11.6. The van der Waals surface area contributed by atoms with Gasteiger partial charge in [-0.15, -0.1) is 0 Å². The molecule has 1 N–H and O–H groups in total. The smallest absolute Gasteiger partial charge is 0.243 e. The average molecular weight is 391 g/mol. The first-order valence-electron chi connectivity index (χ1n) is 8.74. The molecule has 0 radical (unpaired) electrons. The number of likely N-dealkylation sites (N-methyl/N-ethyl adjacent to an activating group) is 1. The van der Waals surface area contributed by atoms with Gasteiger partial charge in [0.15, 0.2) is 0 Å². The molecule has 7 heteroatoms. The standard InChI is InChI=1S/C20H26N2O4S/c1-15(2)26-18-7-5-6-17(12-18)13-21-20(23)14-22(4)27(24,25)19-10-8-16(3)9-11-19/h5-12,15H,13-14H2,1-4H3,(H,21,23). The van der Waals surface area contributed by atoms with Crippen LogP contribution in [0.1, 0.15) is 25.0 Å². The zero-order valence-electron chi connectivity index (χ0n) is 16.1. The lowest BCUT2D eigenvalue weighted by molar-refractivity contribution is -0.121. The quantitative estimate of drug-likeness (QED) is 0.752. The Hall–Kier alpha value is -2.38. The summed E-state index contributed by atoms with van der Waals surface area (Å²) in [5.74, 6) is 0.360. The highest BCUT2D eigenvalue weighted by Gasteiger charge is 2.22. The van der Waals surface area contributed by atoms with Crippen molar-refractivity contribution in [2.45, 2.75) is 38.3 Å². The molecule has 0 aliphatic carbocycles. The maximum atomic E-state index is 12.5. The number of nitrogens with one attached hydrogen (secondary N) is 1. The second-order valence-corrected chi connectivity index (χ2v) is 8.71. The predicted octanol–water partition coefficient (Wildman–Crippen LogP) is 2.72. The lowest BCUT2D eigenvalue weighted by Gasteiger charge is -2.17. The van der Waals surface area contributed by atoms with E-state index in [-0.39, 0.29) is 23.5 Å². The van der Waals surface area contributed by atoms with Crippen LogP contribution in [0.15, 0.2) is 53.4 Å². The summed E-state index contributed by atoms with van der Waals surface area (Å²) in [7, 11) is -2.31. The second-order valence-electron chi connectivity index (χ2n) is 6.66. The molecule has 0 saturated heterocycles. The van der Waals surface area contributed by atoms with Gasteiger partial charge in [0.05, 0.1) is 17.5 Å². The summed E-state index contributed by atoms with van der Waals surface area (Å²) < 4.78 is 31.7. The number of aryl methyl sites for hydroxylation is 1. The first kappa shape index (κ1) is 20.9. The third-order valence-electron chi connectivity index (χ3n) is 3.86. The fourth-order valence-corrected chi connectivity index (χ4v) is 3.56. The molecule has 0 unspecified atom stereocenters. The van der Waals surface area contributed by atoms with Crippen LogP contribution in [-0.2, 0) is 21.4 Å². The van der Waals surface area contributed by atoms with Gasteiger partial charge in [-0.25, -0.2) is 8.42 Å². The summed E-state index contributed by atoms with van der Waals surface area (Å²) in [6.07, 6.45) is 0.0653. The molecule has 0 spiro atoms. The van der Waals surface area contributed by atoms with E-state index in [1.165, 1.54) is 7.05 Å². The SMILES string of the molecule is Cc1ccc(S(=O)(=O)N(C)CC(=O)NCc2cccc(OC(C)C)c2)cc1. The molecule has 1 amide bonds. The van der Waals surface area contributed by atoms with E-state index in [4.69, 9.17) is 4.74 Å². The summed E-state index contributed by atoms with van der Waals surface area (Å²) in [6.45, 7) is 5.82. The van der Waals surface area contributed by atoms with Crippen molar-refractivity contribution in [3.8, 4) is 5.75 Å². The van der Waals surface area contributed by atoms with Crippen molar-refractivity contribution < 1.29 is 17.9 Å². The second kappa shape index (κ2) is 9.01. The number of carbonyl (C=O) groups is 1. The first-order valence-corrected chi connectivity index (χ1v) is 10.2. The van der Waals surface area contributed by atoms with E-state index in [1.807, 2.05) is 45.0 Å². The summed E-state index contributed by atoms with van der Waals surface area (Å²) in [4.78, 5) is 12.3. The number of hydrogen-bond donors (Lipinski definition) is 1. The van der Waals surface area contributed by atoms with Crippen molar-refractivity contribution in [2.24, 2.45) is 0 Å². The topological polar surface area (TPSA) is 75.7 Å². The van der Waals surface area contributed by atoms with Crippen LogP contribution >= 0.6 is 0 Å². The van der Waals surface area contributed by atoms with Crippen molar-refractivity contribution >= 4 is 15.9 Å². The summed E-state index contributed by atoms with van der Waals surface area (Å²) in [6, 6.07) is 14.0.